The fraction of sp³-hybridized carbons (Fsp3) is 0.385. The van der Waals surface area contributed by atoms with Crippen molar-refractivity contribution in [1.82, 2.24) is 9.55 Å². The Morgan fingerprint density at radius 1 is 1.21 bits per heavy atom. The molecule has 176 valence electrons. The minimum Gasteiger partial charge on any atom is -0.443 e. The number of anilines is 2. The smallest absolute Gasteiger partial charge is 0.415 e. The van der Waals surface area contributed by atoms with Crippen LogP contribution in [-0.2, 0) is 18.2 Å². The van der Waals surface area contributed by atoms with Crippen molar-refractivity contribution in [3.05, 3.63) is 77.3 Å². The number of nitrogens with two attached hydrogens (primary N) is 1. The van der Waals surface area contributed by atoms with E-state index in [9.17, 15) is 4.79 Å². The van der Waals surface area contributed by atoms with Crippen molar-refractivity contribution in [1.29, 1.82) is 0 Å². The molecule has 1 aliphatic rings. The number of imidazole rings is 1. The van der Waals surface area contributed by atoms with E-state index in [0.717, 1.165) is 31.5 Å². The van der Waals surface area contributed by atoms with Gasteiger partial charge in [0.1, 0.15) is 11.4 Å². The zero-order chi connectivity index (χ0) is 24.0. The third-order valence-electron chi connectivity index (χ3n) is 5.39. The SMILES string of the molecule is CC(C)(C)OC(=O)N(c1ccc(N)cc1Cl)C1CCC1.Cn1ccnc1Cc1ccccc1. The average Bonchev–Trinajstić information content (AvgIpc) is 3.10. The average molecular weight is 469 g/mol. The van der Waals surface area contributed by atoms with Crippen LogP contribution in [0.25, 0.3) is 0 Å². The minimum absolute atomic E-state index is 0.158. The van der Waals surface area contributed by atoms with Gasteiger partial charge in [0, 0.05) is 37.6 Å². The van der Waals surface area contributed by atoms with Gasteiger partial charge in [-0.15, -0.1) is 0 Å². The summed E-state index contributed by atoms with van der Waals surface area (Å²) in [6, 6.07) is 15.7. The van der Waals surface area contributed by atoms with Gasteiger partial charge in [-0.1, -0.05) is 41.9 Å². The second-order valence-electron chi connectivity index (χ2n) is 9.26. The lowest BCUT2D eigenvalue weighted by Gasteiger charge is -2.38. The van der Waals surface area contributed by atoms with E-state index in [1.807, 2.05) is 50.8 Å². The number of halogens is 1. The molecule has 0 spiro atoms. The number of nitrogens with zero attached hydrogens (tertiary/aromatic N) is 3. The first-order chi connectivity index (χ1) is 15.6. The first-order valence-corrected chi connectivity index (χ1v) is 11.6. The van der Waals surface area contributed by atoms with Gasteiger partial charge >= 0.3 is 6.09 Å². The van der Waals surface area contributed by atoms with Gasteiger partial charge in [0.2, 0.25) is 0 Å². The minimum atomic E-state index is -0.528. The maximum Gasteiger partial charge on any atom is 0.415 e. The molecular weight excluding hydrogens is 436 g/mol. The maximum atomic E-state index is 12.4. The molecule has 0 radical (unpaired) electrons. The molecule has 0 bridgehead atoms. The summed E-state index contributed by atoms with van der Waals surface area (Å²) in [5, 5.41) is 0.475. The first-order valence-electron chi connectivity index (χ1n) is 11.2. The molecule has 2 N–H and O–H groups in total. The molecule has 33 heavy (non-hydrogen) atoms. The van der Waals surface area contributed by atoms with E-state index in [1.165, 1.54) is 5.56 Å². The highest BCUT2D eigenvalue weighted by Gasteiger charge is 2.34. The van der Waals surface area contributed by atoms with Gasteiger partial charge in [-0.25, -0.2) is 9.78 Å². The molecule has 1 aromatic heterocycles. The quantitative estimate of drug-likeness (QED) is 0.461. The monoisotopic (exact) mass is 468 g/mol. The number of hydrogen-bond acceptors (Lipinski definition) is 4. The number of carbonyl (C=O) groups excluding carboxylic acids is 1. The number of ether oxygens (including phenoxy) is 1. The number of nitrogen functional groups attached to an aromatic ring is 1. The van der Waals surface area contributed by atoms with Gasteiger partial charge in [0.05, 0.1) is 10.7 Å². The summed E-state index contributed by atoms with van der Waals surface area (Å²) >= 11 is 6.24. The van der Waals surface area contributed by atoms with Crippen molar-refractivity contribution in [2.45, 2.75) is 58.1 Å². The van der Waals surface area contributed by atoms with Gasteiger partial charge in [0.15, 0.2) is 0 Å². The van der Waals surface area contributed by atoms with E-state index in [1.54, 1.807) is 23.1 Å². The van der Waals surface area contributed by atoms with Crippen LogP contribution < -0.4 is 10.6 Å². The fourth-order valence-electron chi connectivity index (χ4n) is 3.46. The summed E-state index contributed by atoms with van der Waals surface area (Å²) in [6.07, 6.45) is 7.42. The highest BCUT2D eigenvalue weighted by Crippen LogP contribution is 2.36. The highest BCUT2D eigenvalue weighted by molar-refractivity contribution is 6.34. The van der Waals surface area contributed by atoms with E-state index in [-0.39, 0.29) is 12.1 Å². The van der Waals surface area contributed by atoms with Gasteiger partial charge in [-0.05, 0) is 63.8 Å². The summed E-state index contributed by atoms with van der Waals surface area (Å²) in [5.74, 6) is 1.10. The number of benzene rings is 2. The van der Waals surface area contributed by atoms with Crippen LogP contribution in [0.4, 0.5) is 16.2 Å². The van der Waals surface area contributed by atoms with Crippen molar-refractivity contribution in [2.24, 2.45) is 7.05 Å². The third kappa shape index (κ3) is 6.99. The second-order valence-corrected chi connectivity index (χ2v) is 9.67. The van der Waals surface area contributed by atoms with Crippen LogP contribution in [0.3, 0.4) is 0 Å². The van der Waals surface area contributed by atoms with E-state index in [2.05, 4.69) is 29.2 Å². The number of carbonyl (C=O) groups is 1. The summed E-state index contributed by atoms with van der Waals surface area (Å²) < 4.78 is 7.54. The standard InChI is InChI=1S/C15H21ClN2O2.C11H12N2/c1-15(2,3)20-14(19)18(11-5-4-6-11)13-8-7-10(17)9-12(13)16;1-13-8-7-12-11(13)9-10-5-3-2-4-6-10/h7-9,11H,4-6,17H2,1-3H3;2-8H,9H2,1H3. The third-order valence-corrected chi connectivity index (χ3v) is 5.69. The Morgan fingerprint density at radius 2 is 1.91 bits per heavy atom. The number of aryl methyl sites for hydroxylation is 1. The Balaban J connectivity index is 0.000000203. The number of rotatable bonds is 4. The molecule has 0 unspecified atom stereocenters. The molecule has 3 aromatic rings. The Kier molecular flexibility index (Phi) is 8.03. The molecule has 4 rings (SSSR count). The predicted molar refractivity (Wildman–Crippen MR) is 135 cm³/mol. The van der Waals surface area contributed by atoms with Gasteiger partial charge in [0.25, 0.3) is 0 Å². The predicted octanol–water partition coefficient (Wildman–Crippen LogP) is 6.23. The molecule has 1 heterocycles. The maximum absolute atomic E-state index is 12.4. The van der Waals surface area contributed by atoms with Gasteiger partial charge in [-0.2, -0.15) is 0 Å². The van der Waals surface area contributed by atoms with E-state index >= 15 is 0 Å². The first kappa shape index (κ1) is 24.6. The van der Waals surface area contributed by atoms with Crippen molar-refractivity contribution in [3.8, 4) is 0 Å². The molecule has 1 amide bonds. The van der Waals surface area contributed by atoms with Crippen LogP contribution in [0.15, 0.2) is 60.9 Å². The Hall–Kier alpha value is -2.99. The van der Waals surface area contributed by atoms with Crippen molar-refractivity contribution in [2.75, 3.05) is 10.6 Å². The van der Waals surface area contributed by atoms with Crippen LogP contribution in [0.5, 0.6) is 0 Å². The highest BCUT2D eigenvalue weighted by atomic mass is 35.5. The molecule has 0 saturated heterocycles. The van der Waals surface area contributed by atoms with Crippen molar-refractivity contribution >= 4 is 29.1 Å². The van der Waals surface area contributed by atoms with Crippen molar-refractivity contribution < 1.29 is 9.53 Å². The molecule has 2 aromatic carbocycles. The Bertz CT molecular complexity index is 1060. The largest absolute Gasteiger partial charge is 0.443 e. The van der Waals surface area contributed by atoms with Crippen molar-refractivity contribution in [3.63, 3.8) is 0 Å². The molecular formula is C26H33ClN4O2. The summed E-state index contributed by atoms with van der Waals surface area (Å²) in [4.78, 5) is 18.4. The lowest BCUT2D eigenvalue weighted by Crippen LogP contribution is -2.47. The lowest BCUT2D eigenvalue weighted by atomic mass is 9.91. The van der Waals surface area contributed by atoms with Crippen LogP contribution in [-0.4, -0.2) is 27.3 Å². The summed E-state index contributed by atoms with van der Waals surface area (Å²) in [7, 11) is 2.02. The molecule has 1 fully saturated rings. The number of hydrogen-bond donors (Lipinski definition) is 1. The van der Waals surface area contributed by atoms with E-state index < -0.39 is 5.60 Å². The summed E-state index contributed by atoms with van der Waals surface area (Å²) in [6.45, 7) is 5.57. The normalized spacial score (nSPS) is 13.5. The number of aromatic nitrogens is 2. The Morgan fingerprint density at radius 3 is 2.42 bits per heavy atom. The topological polar surface area (TPSA) is 73.4 Å². The van der Waals surface area contributed by atoms with Gasteiger partial charge in [-0.3, -0.25) is 4.90 Å². The van der Waals surface area contributed by atoms with E-state index in [4.69, 9.17) is 22.1 Å². The molecule has 7 heteroatoms. The Labute approximate surface area is 201 Å². The second kappa shape index (κ2) is 10.8. The van der Waals surface area contributed by atoms with Crippen LogP contribution in [0.1, 0.15) is 51.4 Å². The lowest BCUT2D eigenvalue weighted by molar-refractivity contribution is 0.0549. The van der Waals surface area contributed by atoms with Crippen LogP contribution in [0, 0.1) is 0 Å². The zero-order valence-electron chi connectivity index (χ0n) is 19.8. The molecule has 1 saturated carbocycles. The van der Waals surface area contributed by atoms with E-state index in [0.29, 0.717) is 16.4 Å². The molecule has 0 aliphatic heterocycles. The fourth-order valence-corrected chi connectivity index (χ4v) is 3.74. The molecule has 0 atom stereocenters. The van der Waals surface area contributed by atoms with Crippen LogP contribution >= 0.6 is 11.6 Å². The summed E-state index contributed by atoms with van der Waals surface area (Å²) in [5.41, 5.74) is 7.73. The zero-order valence-corrected chi connectivity index (χ0v) is 20.5. The van der Waals surface area contributed by atoms with Gasteiger partial charge < -0.3 is 15.0 Å². The molecule has 1 aliphatic carbocycles. The molecule has 6 nitrogen and oxygen atoms in total. The van der Waals surface area contributed by atoms with Crippen LogP contribution in [0.2, 0.25) is 5.02 Å². The number of amides is 1.